The van der Waals surface area contributed by atoms with Crippen molar-refractivity contribution in [2.75, 3.05) is 18.9 Å². The van der Waals surface area contributed by atoms with Crippen LogP contribution < -0.4 is 0 Å². The Morgan fingerprint density at radius 2 is 1.93 bits per heavy atom. The molecule has 2 nitrogen and oxygen atoms in total. The van der Waals surface area contributed by atoms with E-state index in [0.29, 0.717) is 11.3 Å². The first kappa shape index (κ1) is 13.7. The van der Waals surface area contributed by atoms with Gasteiger partial charge in [0.25, 0.3) is 0 Å². The molecule has 0 saturated carbocycles. The predicted octanol–water partition coefficient (Wildman–Crippen LogP) is 2.57. The number of halogens is 4. The SMILES string of the molecule is CN(CC(F)(F)F)C(=O)CCCCBr. The second-order valence-corrected chi connectivity index (χ2v) is 3.80. The molecule has 14 heavy (non-hydrogen) atoms. The first-order chi connectivity index (χ1) is 6.37. The van der Waals surface area contributed by atoms with Gasteiger partial charge in [0.05, 0.1) is 0 Å². The van der Waals surface area contributed by atoms with Gasteiger partial charge in [0.15, 0.2) is 0 Å². The summed E-state index contributed by atoms with van der Waals surface area (Å²) in [6, 6.07) is 0. The summed E-state index contributed by atoms with van der Waals surface area (Å²) >= 11 is 3.18. The van der Waals surface area contributed by atoms with E-state index in [0.717, 1.165) is 11.8 Å². The zero-order chi connectivity index (χ0) is 11.2. The number of alkyl halides is 4. The Morgan fingerprint density at radius 1 is 1.36 bits per heavy atom. The molecule has 0 unspecified atom stereocenters. The maximum Gasteiger partial charge on any atom is 0.406 e. The van der Waals surface area contributed by atoms with Crippen molar-refractivity contribution >= 4 is 21.8 Å². The highest BCUT2D eigenvalue weighted by Gasteiger charge is 2.30. The Balaban J connectivity index is 3.77. The minimum atomic E-state index is -4.31. The first-order valence-electron chi connectivity index (χ1n) is 4.23. The highest BCUT2D eigenvalue weighted by molar-refractivity contribution is 9.09. The van der Waals surface area contributed by atoms with Gasteiger partial charge in [-0.25, -0.2) is 0 Å². The molecule has 0 saturated heterocycles. The molecule has 0 atom stereocenters. The Labute approximate surface area is 89.6 Å². The van der Waals surface area contributed by atoms with E-state index in [1.807, 2.05) is 0 Å². The van der Waals surface area contributed by atoms with Crippen molar-refractivity contribution in [3.63, 3.8) is 0 Å². The zero-order valence-electron chi connectivity index (χ0n) is 7.90. The monoisotopic (exact) mass is 275 g/mol. The smallest absolute Gasteiger partial charge is 0.337 e. The summed E-state index contributed by atoms with van der Waals surface area (Å²) in [5.41, 5.74) is 0. The van der Waals surface area contributed by atoms with E-state index >= 15 is 0 Å². The molecule has 0 aliphatic rings. The Kier molecular flexibility index (Phi) is 6.15. The van der Waals surface area contributed by atoms with E-state index in [2.05, 4.69) is 15.9 Å². The lowest BCUT2D eigenvalue weighted by Gasteiger charge is -2.18. The van der Waals surface area contributed by atoms with Crippen LogP contribution in [0.25, 0.3) is 0 Å². The lowest BCUT2D eigenvalue weighted by Crippen LogP contribution is -2.35. The molecule has 0 aromatic rings. The number of unbranched alkanes of at least 4 members (excludes halogenated alkanes) is 1. The van der Waals surface area contributed by atoms with Gasteiger partial charge in [-0.2, -0.15) is 13.2 Å². The van der Waals surface area contributed by atoms with Crippen molar-refractivity contribution in [1.29, 1.82) is 0 Å². The van der Waals surface area contributed by atoms with Crippen LogP contribution in [0.2, 0.25) is 0 Å². The average molecular weight is 276 g/mol. The van der Waals surface area contributed by atoms with Crippen LogP contribution in [0.15, 0.2) is 0 Å². The molecule has 84 valence electrons. The van der Waals surface area contributed by atoms with Gasteiger partial charge in [-0.05, 0) is 12.8 Å². The second kappa shape index (κ2) is 6.27. The molecule has 0 aliphatic carbocycles. The first-order valence-corrected chi connectivity index (χ1v) is 5.35. The van der Waals surface area contributed by atoms with Gasteiger partial charge in [-0.1, -0.05) is 15.9 Å². The van der Waals surface area contributed by atoms with E-state index < -0.39 is 18.6 Å². The molecular weight excluding hydrogens is 263 g/mol. The predicted molar refractivity (Wildman–Crippen MR) is 51.3 cm³/mol. The number of amides is 1. The van der Waals surface area contributed by atoms with Gasteiger partial charge in [0.2, 0.25) is 5.91 Å². The molecule has 1 amide bonds. The highest BCUT2D eigenvalue weighted by Crippen LogP contribution is 2.16. The van der Waals surface area contributed by atoms with Crippen molar-refractivity contribution in [2.45, 2.75) is 25.4 Å². The molecule has 0 rings (SSSR count). The summed E-state index contributed by atoms with van der Waals surface area (Å²) in [7, 11) is 1.17. The number of carbonyl (C=O) groups is 1. The summed E-state index contributed by atoms with van der Waals surface area (Å²) in [6.45, 7) is -1.17. The summed E-state index contributed by atoms with van der Waals surface area (Å²) < 4.78 is 35.6. The highest BCUT2D eigenvalue weighted by atomic mass is 79.9. The van der Waals surface area contributed by atoms with Gasteiger partial charge in [-0.15, -0.1) is 0 Å². The normalized spacial score (nSPS) is 11.5. The largest absolute Gasteiger partial charge is 0.406 e. The number of hydrogen-bond donors (Lipinski definition) is 0. The Bertz CT molecular complexity index is 184. The van der Waals surface area contributed by atoms with Crippen molar-refractivity contribution in [3.8, 4) is 0 Å². The molecule has 0 heterocycles. The standard InChI is InChI=1S/C8H13BrF3NO/c1-13(6-8(10,11)12)7(14)4-2-3-5-9/h2-6H2,1H3. The topological polar surface area (TPSA) is 20.3 Å². The van der Waals surface area contributed by atoms with Crippen LogP contribution in [0.4, 0.5) is 13.2 Å². The lowest BCUT2D eigenvalue weighted by molar-refractivity contribution is -0.158. The quantitative estimate of drug-likeness (QED) is 0.558. The van der Waals surface area contributed by atoms with Crippen LogP contribution in [0.5, 0.6) is 0 Å². The molecule has 0 aliphatic heterocycles. The summed E-state index contributed by atoms with van der Waals surface area (Å²) in [5, 5.41) is 0.767. The molecule has 0 N–H and O–H groups in total. The molecule has 6 heteroatoms. The van der Waals surface area contributed by atoms with Crippen LogP contribution >= 0.6 is 15.9 Å². The number of carbonyl (C=O) groups excluding carboxylic acids is 1. The average Bonchev–Trinajstić information content (AvgIpc) is 2.01. The summed E-state index contributed by atoms with van der Waals surface area (Å²) in [4.78, 5) is 11.8. The minimum Gasteiger partial charge on any atom is -0.337 e. The fourth-order valence-electron chi connectivity index (χ4n) is 0.919. The fraction of sp³-hybridized carbons (Fsp3) is 0.875. The lowest BCUT2D eigenvalue weighted by atomic mass is 10.2. The maximum atomic E-state index is 11.9. The molecular formula is C8H13BrF3NO. The third kappa shape index (κ3) is 7.17. The van der Waals surface area contributed by atoms with E-state index in [4.69, 9.17) is 0 Å². The van der Waals surface area contributed by atoms with Crippen LogP contribution in [-0.2, 0) is 4.79 Å². The Hall–Kier alpha value is -0.260. The van der Waals surface area contributed by atoms with E-state index in [9.17, 15) is 18.0 Å². The van der Waals surface area contributed by atoms with Crippen LogP contribution in [-0.4, -0.2) is 35.9 Å². The minimum absolute atomic E-state index is 0.179. The van der Waals surface area contributed by atoms with Crippen LogP contribution in [0, 0.1) is 0 Å². The van der Waals surface area contributed by atoms with Gasteiger partial charge >= 0.3 is 6.18 Å². The van der Waals surface area contributed by atoms with Crippen molar-refractivity contribution in [3.05, 3.63) is 0 Å². The summed E-state index contributed by atoms with van der Waals surface area (Å²) in [6.07, 6.45) is -2.71. The van der Waals surface area contributed by atoms with Gasteiger partial charge in [0, 0.05) is 18.8 Å². The maximum absolute atomic E-state index is 11.9. The molecule has 0 fully saturated rings. The zero-order valence-corrected chi connectivity index (χ0v) is 9.49. The van der Waals surface area contributed by atoms with Gasteiger partial charge in [0.1, 0.15) is 6.54 Å². The van der Waals surface area contributed by atoms with Crippen molar-refractivity contribution in [2.24, 2.45) is 0 Å². The van der Waals surface area contributed by atoms with E-state index in [1.54, 1.807) is 0 Å². The Morgan fingerprint density at radius 3 is 2.36 bits per heavy atom. The van der Waals surface area contributed by atoms with Gasteiger partial charge < -0.3 is 4.90 Å². The van der Waals surface area contributed by atoms with E-state index in [1.165, 1.54) is 7.05 Å². The molecule has 0 aromatic carbocycles. The number of nitrogens with zero attached hydrogens (tertiary/aromatic N) is 1. The molecule has 0 spiro atoms. The van der Waals surface area contributed by atoms with Crippen LogP contribution in [0.1, 0.15) is 19.3 Å². The number of rotatable bonds is 5. The molecule has 0 radical (unpaired) electrons. The third-order valence-corrected chi connectivity index (χ3v) is 2.18. The molecule has 0 aromatic heterocycles. The van der Waals surface area contributed by atoms with E-state index in [-0.39, 0.29) is 6.42 Å². The van der Waals surface area contributed by atoms with Gasteiger partial charge in [-0.3, -0.25) is 4.79 Å². The molecule has 0 bridgehead atoms. The number of hydrogen-bond acceptors (Lipinski definition) is 1. The van der Waals surface area contributed by atoms with Crippen LogP contribution in [0.3, 0.4) is 0 Å². The summed E-state index contributed by atoms with van der Waals surface area (Å²) in [5.74, 6) is -0.455. The fourth-order valence-corrected chi connectivity index (χ4v) is 1.32. The third-order valence-electron chi connectivity index (χ3n) is 1.62. The second-order valence-electron chi connectivity index (χ2n) is 3.01. The van der Waals surface area contributed by atoms with Crippen molar-refractivity contribution in [1.82, 2.24) is 4.90 Å². The van der Waals surface area contributed by atoms with Crippen molar-refractivity contribution < 1.29 is 18.0 Å².